The third kappa shape index (κ3) is 1.74. The summed E-state index contributed by atoms with van der Waals surface area (Å²) in [4.78, 5) is 11.8. The van der Waals surface area contributed by atoms with Gasteiger partial charge < -0.3 is 5.84 Å². The molecule has 6 heteroatoms. The number of nitrogens with one attached hydrogen (secondary N) is 1. The molecule has 0 fully saturated rings. The Bertz CT molecular complexity index is 627. The second-order valence-electron chi connectivity index (χ2n) is 3.42. The first-order chi connectivity index (χ1) is 7.59. The van der Waals surface area contributed by atoms with Gasteiger partial charge in [-0.3, -0.25) is 9.89 Å². The van der Waals surface area contributed by atoms with Crippen molar-refractivity contribution in [1.29, 1.82) is 0 Å². The van der Waals surface area contributed by atoms with Crippen LogP contribution in [0.2, 0.25) is 0 Å². The molecule has 0 spiro atoms. The van der Waals surface area contributed by atoms with Crippen molar-refractivity contribution in [2.75, 3.05) is 5.84 Å². The largest absolute Gasteiger partial charge is 0.334 e. The second-order valence-corrected chi connectivity index (χ2v) is 3.81. The maximum atomic E-state index is 11.8. The molecule has 0 unspecified atom stereocenters. The summed E-state index contributed by atoms with van der Waals surface area (Å²) in [6.45, 7) is 1.97. The van der Waals surface area contributed by atoms with Crippen LogP contribution in [0.1, 0.15) is 5.56 Å². The Morgan fingerprint density at radius 2 is 2.00 bits per heavy atom. The molecule has 0 bridgehead atoms. The third-order valence-corrected chi connectivity index (χ3v) is 2.52. The Hall–Kier alpha value is -1.95. The van der Waals surface area contributed by atoms with E-state index >= 15 is 0 Å². The van der Waals surface area contributed by atoms with Gasteiger partial charge in [-0.1, -0.05) is 29.8 Å². The normalized spacial score (nSPS) is 10.3. The van der Waals surface area contributed by atoms with Crippen molar-refractivity contribution in [2.24, 2.45) is 0 Å². The maximum absolute atomic E-state index is 11.8. The minimum Gasteiger partial charge on any atom is -0.334 e. The molecule has 0 atom stereocenters. The number of aryl methyl sites for hydroxylation is 1. The number of rotatable bonds is 1. The van der Waals surface area contributed by atoms with Crippen LogP contribution in [0.25, 0.3) is 11.3 Å². The molecule has 2 rings (SSSR count). The predicted molar refractivity (Wildman–Crippen MR) is 64.0 cm³/mol. The highest BCUT2D eigenvalue weighted by molar-refractivity contribution is 7.71. The molecule has 0 aliphatic carbocycles. The highest BCUT2D eigenvalue weighted by Crippen LogP contribution is 2.12. The molecule has 16 heavy (non-hydrogen) atoms. The van der Waals surface area contributed by atoms with Gasteiger partial charge in [0, 0.05) is 5.56 Å². The van der Waals surface area contributed by atoms with Crippen molar-refractivity contribution in [3.63, 3.8) is 0 Å². The molecule has 0 amide bonds. The maximum Gasteiger partial charge on any atom is 0.299 e. The van der Waals surface area contributed by atoms with E-state index in [9.17, 15) is 4.79 Å². The number of hydrogen-bond donors (Lipinski definition) is 2. The van der Waals surface area contributed by atoms with Crippen molar-refractivity contribution in [1.82, 2.24) is 14.9 Å². The highest BCUT2D eigenvalue weighted by atomic mass is 32.1. The lowest BCUT2D eigenvalue weighted by Gasteiger charge is -2.02. The van der Waals surface area contributed by atoms with Crippen LogP contribution in [-0.4, -0.2) is 14.9 Å². The fourth-order valence-corrected chi connectivity index (χ4v) is 1.44. The Morgan fingerprint density at radius 1 is 1.38 bits per heavy atom. The molecule has 1 aromatic carbocycles. The fraction of sp³-hybridized carbons (Fsp3) is 0.100. The van der Waals surface area contributed by atoms with Crippen LogP contribution in [-0.2, 0) is 0 Å². The van der Waals surface area contributed by atoms with E-state index in [0.717, 1.165) is 10.2 Å². The summed E-state index contributed by atoms with van der Waals surface area (Å²) >= 11 is 4.79. The van der Waals surface area contributed by atoms with E-state index in [1.165, 1.54) is 0 Å². The van der Waals surface area contributed by atoms with E-state index in [4.69, 9.17) is 18.1 Å². The molecule has 5 nitrogen and oxygen atoms in total. The Morgan fingerprint density at radius 3 is 2.62 bits per heavy atom. The van der Waals surface area contributed by atoms with Crippen molar-refractivity contribution >= 4 is 12.2 Å². The van der Waals surface area contributed by atoms with Gasteiger partial charge in [-0.15, -0.1) is 0 Å². The number of hydrogen-bond acceptors (Lipinski definition) is 4. The van der Waals surface area contributed by atoms with E-state index in [-0.39, 0.29) is 10.5 Å². The molecule has 82 valence electrons. The lowest BCUT2D eigenvalue weighted by Crippen LogP contribution is -2.30. The first kappa shape index (κ1) is 10.6. The quantitative estimate of drug-likeness (QED) is 0.570. The summed E-state index contributed by atoms with van der Waals surface area (Å²) in [6, 6.07) is 7.43. The van der Waals surface area contributed by atoms with Crippen LogP contribution in [0.5, 0.6) is 0 Å². The summed E-state index contributed by atoms with van der Waals surface area (Å²) in [5.41, 5.74) is 1.67. The molecule has 0 aliphatic heterocycles. The summed E-state index contributed by atoms with van der Waals surface area (Å²) in [5.74, 6) is 5.48. The van der Waals surface area contributed by atoms with Crippen LogP contribution in [0.15, 0.2) is 29.1 Å². The van der Waals surface area contributed by atoms with Crippen LogP contribution in [0, 0.1) is 11.7 Å². The van der Waals surface area contributed by atoms with E-state index < -0.39 is 5.56 Å². The second kappa shape index (κ2) is 3.90. The molecular formula is C10H10N4OS. The van der Waals surface area contributed by atoms with Crippen molar-refractivity contribution in [3.8, 4) is 11.3 Å². The topological polar surface area (TPSA) is 76.7 Å². The SMILES string of the molecule is Cc1ccc(-c2n[nH]c(=S)n(N)c2=O)cc1. The number of aromatic nitrogens is 3. The van der Waals surface area contributed by atoms with Crippen LogP contribution >= 0.6 is 12.2 Å². The fourth-order valence-electron chi connectivity index (χ4n) is 1.31. The van der Waals surface area contributed by atoms with Crippen LogP contribution in [0.3, 0.4) is 0 Å². The minimum atomic E-state index is -0.410. The van der Waals surface area contributed by atoms with Crippen molar-refractivity contribution in [2.45, 2.75) is 6.92 Å². The van der Waals surface area contributed by atoms with E-state index in [0.29, 0.717) is 5.56 Å². The molecule has 0 saturated carbocycles. The number of aromatic amines is 1. The highest BCUT2D eigenvalue weighted by Gasteiger charge is 2.07. The Kier molecular flexibility index (Phi) is 2.57. The molecule has 0 saturated heterocycles. The van der Waals surface area contributed by atoms with Gasteiger partial charge in [0.25, 0.3) is 5.56 Å². The zero-order valence-electron chi connectivity index (χ0n) is 8.60. The molecule has 1 heterocycles. The minimum absolute atomic E-state index is 0.0980. The number of nitrogens with zero attached hydrogens (tertiary/aromatic N) is 2. The average Bonchev–Trinajstić information content (AvgIpc) is 2.28. The summed E-state index contributed by atoms with van der Waals surface area (Å²) < 4.78 is 0.971. The molecule has 1 aromatic heterocycles. The lowest BCUT2D eigenvalue weighted by molar-refractivity contribution is 0.807. The molecule has 3 N–H and O–H groups in total. The van der Waals surface area contributed by atoms with Gasteiger partial charge >= 0.3 is 0 Å². The monoisotopic (exact) mass is 234 g/mol. The van der Waals surface area contributed by atoms with E-state index in [1.807, 2.05) is 31.2 Å². The molecular weight excluding hydrogens is 224 g/mol. The van der Waals surface area contributed by atoms with Gasteiger partial charge in [0.2, 0.25) is 4.77 Å². The average molecular weight is 234 g/mol. The first-order valence-corrected chi connectivity index (χ1v) is 5.04. The van der Waals surface area contributed by atoms with Gasteiger partial charge in [0.1, 0.15) is 0 Å². The molecule has 0 aliphatic rings. The van der Waals surface area contributed by atoms with Gasteiger partial charge in [-0.05, 0) is 19.1 Å². The number of nitrogen functional groups attached to an aromatic ring is 1. The number of nitrogens with two attached hydrogens (primary N) is 1. The standard InChI is InChI=1S/C10H10N4OS/c1-6-2-4-7(5-3-6)8-9(15)14(11)10(16)13-12-8/h2-5H,11H2,1H3,(H,13,16). The van der Waals surface area contributed by atoms with Crippen LogP contribution < -0.4 is 11.4 Å². The van der Waals surface area contributed by atoms with Gasteiger partial charge in [0.05, 0.1) is 0 Å². The number of benzene rings is 1. The van der Waals surface area contributed by atoms with Crippen LogP contribution in [0.4, 0.5) is 0 Å². The summed E-state index contributed by atoms with van der Waals surface area (Å²) in [7, 11) is 0. The van der Waals surface area contributed by atoms with E-state index in [1.54, 1.807) is 0 Å². The van der Waals surface area contributed by atoms with Gasteiger partial charge in [0.15, 0.2) is 5.69 Å². The summed E-state index contributed by atoms with van der Waals surface area (Å²) in [5, 5.41) is 6.42. The Labute approximate surface area is 96.5 Å². The third-order valence-electron chi connectivity index (χ3n) is 2.23. The zero-order valence-corrected chi connectivity index (χ0v) is 9.41. The van der Waals surface area contributed by atoms with Crippen molar-refractivity contribution < 1.29 is 0 Å². The van der Waals surface area contributed by atoms with E-state index in [2.05, 4.69) is 10.2 Å². The zero-order chi connectivity index (χ0) is 11.7. The molecule has 2 aromatic rings. The number of H-pyrrole nitrogens is 1. The Balaban J connectivity index is 2.66. The van der Waals surface area contributed by atoms with Gasteiger partial charge in [-0.2, -0.15) is 9.77 Å². The van der Waals surface area contributed by atoms with Crippen molar-refractivity contribution in [3.05, 3.63) is 45.0 Å². The molecule has 0 radical (unpaired) electrons. The first-order valence-electron chi connectivity index (χ1n) is 4.63. The summed E-state index contributed by atoms with van der Waals surface area (Å²) in [6.07, 6.45) is 0. The van der Waals surface area contributed by atoms with Gasteiger partial charge in [-0.25, -0.2) is 0 Å². The predicted octanol–water partition coefficient (Wildman–Crippen LogP) is 0.990. The lowest BCUT2D eigenvalue weighted by atomic mass is 10.1. The smallest absolute Gasteiger partial charge is 0.299 e.